The first-order valence-electron chi connectivity index (χ1n) is 15.5. The number of fused-ring (bicyclic) bond motifs is 3. The molecule has 254 valence electrons. The fraction of sp³-hybridized carbons (Fsp3) is 0.194. The molecule has 14 heteroatoms. The Balaban J connectivity index is 0.000000149. The molecule has 0 unspecified atom stereocenters. The molecule has 4 N–H and O–H groups in total. The third kappa shape index (κ3) is 7.56. The molecule has 50 heavy (non-hydrogen) atoms. The minimum Gasteiger partial charge on any atom is -0.372 e. The molecule has 0 saturated heterocycles. The van der Waals surface area contributed by atoms with Crippen LogP contribution in [-0.2, 0) is 19.3 Å². The molecule has 4 heterocycles. The SMILES string of the molecule is CNC(=O)n1cc(CC#N)c2c(Cl)cccc21.CNC(=O)n1cc(CC2=NCCN2)c2c(Cl)cccc21.N#CCc1c[nH]c2cccc(Cl)c12. The summed E-state index contributed by atoms with van der Waals surface area (Å²) in [6.45, 7) is 1.67. The van der Waals surface area contributed by atoms with Crippen LogP contribution in [0.4, 0.5) is 9.59 Å². The fourth-order valence-corrected chi connectivity index (χ4v) is 6.63. The van der Waals surface area contributed by atoms with Crippen molar-refractivity contribution < 1.29 is 9.59 Å². The van der Waals surface area contributed by atoms with Gasteiger partial charge < -0.3 is 20.9 Å². The van der Waals surface area contributed by atoms with E-state index in [-0.39, 0.29) is 18.5 Å². The normalized spacial score (nSPS) is 11.8. The molecular formula is C36H32Cl3N9O2. The van der Waals surface area contributed by atoms with Gasteiger partial charge in [0.1, 0.15) is 5.84 Å². The molecule has 0 atom stereocenters. The number of nitriles is 2. The number of aliphatic imine (C=N–C) groups is 1. The maximum atomic E-state index is 12.0. The number of benzene rings is 3. The second-order valence-corrected chi connectivity index (χ2v) is 12.2. The predicted molar refractivity (Wildman–Crippen MR) is 200 cm³/mol. The summed E-state index contributed by atoms with van der Waals surface area (Å²) in [5.74, 6) is 0.945. The maximum Gasteiger partial charge on any atom is 0.325 e. The topological polar surface area (TPSA) is 156 Å². The van der Waals surface area contributed by atoms with Gasteiger partial charge in [0.05, 0.1) is 57.6 Å². The third-order valence-electron chi connectivity index (χ3n) is 7.96. The summed E-state index contributed by atoms with van der Waals surface area (Å²) >= 11 is 18.4. The Labute approximate surface area is 303 Å². The lowest BCUT2D eigenvalue weighted by atomic mass is 10.1. The van der Waals surface area contributed by atoms with Crippen molar-refractivity contribution in [2.45, 2.75) is 19.3 Å². The lowest BCUT2D eigenvalue weighted by molar-refractivity contribution is 0.244. The molecule has 0 saturated carbocycles. The number of halogens is 3. The Kier molecular flexibility index (Phi) is 11.7. The molecule has 2 amide bonds. The zero-order valence-corrected chi connectivity index (χ0v) is 29.4. The van der Waals surface area contributed by atoms with E-state index in [9.17, 15) is 9.59 Å². The molecular weight excluding hydrogens is 697 g/mol. The van der Waals surface area contributed by atoms with Crippen molar-refractivity contribution in [2.24, 2.45) is 4.99 Å². The molecule has 3 aromatic heterocycles. The van der Waals surface area contributed by atoms with Crippen molar-refractivity contribution in [3.05, 3.63) is 105 Å². The summed E-state index contributed by atoms with van der Waals surface area (Å²) in [6, 6.07) is 20.3. The van der Waals surface area contributed by atoms with E-state index in [0.29, 0.717) is 33.4 Å². The number of H-pyrrole nitrogens is 1. The van der Waals surface area contributed by atoms with Crippen LogP contribution in [0.25, 0.3) is 32.7 Å². The van der Waals surface area contributed by atoms with E-state index in [0.717, 1.165) is 62.8 Å². The Bertz CT molecular complexity index is 2320. The molecule has 0 aliphatic carbocycles. The first-order chi connectivity index (χ1) is 24.2. The van der Waals surface area contributed by atoms with E-state index in [4.69, 9.17) is 45.3 Å². The lowest BCUT2D eigenvalue weighted by Gasteiger charge is -2.02. The van der Waals surface area contributed by atoms with Gasteiger partial charge >= 0.3 is 12.1 Å². The maximum absolute atomic E-state index is 12.0. The van der Waals surface area contributed by atoms with Crippen molar-refractivity contribution in [2.75, 3.05) is 27.2 Å². The summed E-state index contributed by atoms with van der Waals surface area (Å²) in [6.07, 6.45) is 6.59. The molecule has 7 rings (SSSR count). The van der Waals surface area contributed by atoms with E-state index in [1.807, 2.05) is 48.8 Å². The number of amidine groups is 1. The summed E-state index contributed by atoms with van der Waals surface area (Å²) < 4.78 is 3.06. The molecule has 6 aromatic rings. The summed E-state index contributed by atoms with van der Waals surface area (Å²) in [4.78, 5) is 31.1. The summed E-state index contributed by atoms with van der Waals surface area (Å²) in [5.41, 5.74) is 5.23. The van der Waals surface area contributed by atoms with Crippen molar-refractivity contribution in [3.8, 4) is 12.1 Å². The molecule has 0 radical (unpaired) electrons. The predicted octanol–water partition coefficient (Wildman–Crippen LogP) is 7.46. The van der Waals surface area contributed by atoms with Gasteiger partial charge in [-0.05, 0) is 53.1 Å². The number of nitrogens with zero attached hydrogens (tertiary/aromatic N) is 5. The summed E-state index contributed by atoms with van der Waals surface area (Å²) in [7, 11) is 3.17. The van der Waals surface area contributed by atoms with Gasteiger partial charge in [0.25, 0.3) is 0 Å². The Morgan fingerprint density at radius 1 is 0.780 bits per heavy atom. The minimum absolute atomic E-state index is 0.176. The van der Waals surface area contributed by atoms with Gasteiger partial charge in [0.2, 0.25) is 0 Å². The number of hydrogen-bond acceptors (Lipinski definition) is 6. The van der Waals surface area contributed by atoms with Crippen LogP contribution < -0.4 is 16.0 Å². The van der Waals surface area contributed by atoms with Gasteiger partial charge in [0.15, 0.2) is 0 Å². The van der Waals surface area contributed by atoms with Gasteiger partial charge in [-0.2, -0.15) is 10.5 Å². The highest BCUT2D eigenvalue weighted by molar-refractivity contribution is 6.36. The molecule has 1 aliphatic heterocycles. The van der Waals surface area contributed by atoms with Crippen LogP contribution in [0.1, 0.15) is 16.7 Å². The quantitative estimate of drug-likeness (QED) is 0.148. The fourth-order valence-electron chi connectivity index (χ4n) is 5.75. The molecule has 0 fully saturated rings. The van der Waals surface area contributed by atoms with Crippen LogP contribution in [0.2, 0.25) is 15.1 Å². The van der Waals surface area contributed by atoms with E-state index in [2.05, 4.69) is 38.1 Å². The number of aromatic amines is 1. The second-order valence-electron chi connectivity index (χ2n) is 11.0. The number of rotatable bonds is 4. The van der Waals surface area contributed by atoms with Crippen LogP contribution in [-0.4, -0.2) is 59.2 Å². The Hall–Kier alpha value is -5.46. The van der Waals surface area contributed by atoms with E-state index >= 15 is 0 Å². The number of carbonyl (C=O) groups is 2. The third-order valence-corrected chi connectivity index (χ3v) is 8.90. The second kappa shape index (κ2) is 16.3. The molecule has 3 aromatic carbocycles. The van der Waals surface area contributed by atoms with Gasteiger partial charge in [-0.1, -0.05) is 53.0 Å². The van der Waals surface area contributed by atoms with Gasteiger partial charge in [-0.3, -0.25) is 14.1 Å². The largest absolute Gasteiger partial charge is 0.372 e. The standard InChI is InChI=1S/C14H15ClN4O.C12H10ClN3O.C10H7ClN2/c1-16-14(20)19-8-9(7-12-17-5-6-18-12)13-10(15)3-2-4-11(13)19;1-15-12(17)16-7-8(5-6-14)11-9(13)3-2-4-10(11)16;11-8-2-1-3-9-10(8)7(4-5-12)6-13-9/h2-4,8H,5-7H2,1H3,(H,16,20)(H,17,18);2-4,7H,5H2,1H3,(H,15,17);1-3,6,13H,4H2. The van der Waals surface area contributed by atoms with Crippen molar-refractivity contribution in [1.29, 1.82) is 10.5 Å². The van der Waals surface area contributed by atoms with Gasteiger partial charge in [-0.15, -0.1) is 0 Å². The zero-order chi connectivity index (χ0) is 35.8. The Morgan fingerprint density at radius 2 is 1.30 bits per heavy atom. The highest BCUT2D eigenvalue weighted by Crippen LogP contribution is 2.30. The number of hydrogen-bond donors (Lipinski definition) is 4. The molecule has 0 bridgehead atoms. The average molecular weight is 729 g/mol. The number of amides is 2. The number of nitrogens with one attached hydrogen (secondary N) is 4. The Morgan fingerprint density at radius 3 is 1.84 bits per heavy atom. The number of carbonyl (C=O) groups excluding carboxylic acids is 2. The number of aromatic nitrogens is 3. The lowest BCUT2D eigenvalue weighted by Crippen LogP contribution is -2.23. The molecule has 0 spiro atoms. The van der Waals surface area contributed by atoms with E-state index in [1.165, 1.54) is 4.57 Å². The van der Waals surface area contributed by atoms with Crippen LogP contribution in [0, 0.1) is 22.7 Å². The summed E-state index contributed by atoms with van der Waals surface area (Å²) in [5, 5.41) is 30.3. The monoisotopic (exact) mass is 727 g/mol. The van der Waals surface area contributed by atoms with Gasteiger partial charge in [0, 0.05) is 67.3 Å². The first kappa shape index (κ1) is 35.8. The van der Waals surface area contributed by atoms with Crippen LogP contribution >= 0.6 is 34.8 Å². The van der Waals surface area contributed by atoms with Crippen LogP contribution in [0.15, 0.2) is 78.2 Å². The molecule has 1 aliphatic rings. The van der Waals surface area contributed by atoms with Crippen LogP contribution in [0.5, 0.6) is 0 Å². The van der Waals surface area contributed by atoms with E-state index in [1.54, 1.807) is 43.1 Å². The van der Waals surface area contributed by atoms with Crippen molar-refractivity contribution in [1.82, 2.24) is 30.1 Å². The van der Waals surface area contributed by atoms with Crippen LogP contribution in [0.3, 0.4) is 0 Å². The van der Waals surface area contributed by atoms with Crippen molar-refractivity contribution >= 4 is 85.4 Å². The van der Waals surface area contributed by atoms with E-state index < -0.39 is 0 Å². The minimum atomic E-state index is -0.249. The van der Waals surface area contributed by atoms with Crippen molar-refractivity contribution in [3.63, 3.8) is 0 Å². The average Bonchev–Trinajstić information content (AvgIpc) is 3.93. The smallest absolute Gasteiger partial charge is 0.325 e. The van der Waals surface area contributed by atoms with Gasteiger partial charge in [-0.25, -0.2) is 9.59 Å². The zero-order valence-electron chi connectivity index (χ0n) is 27.2. The highest BCUT2D eigenvalue weighted by atomic mass is 35.5. The highest BCUT2D eigenvalue weighted by Gasteiger charge is 2.18. The molecule has 11 nitrogen and oxygen atoms in total. The first-order valence-corrected chi connectivity index (χ1v) is 16.6.